The zero-order valence-electron chi connectivity index (χ0n) is 7.72. The molecule has 1 aliphatic heterocycles. The van der Waals surface area contributed by atoms with Gasteiger partial charge >= 0.3 is 0 Å². The predicted octanol–water partition coefficient (Wildman–Crippen LogP) is 1.88. The SMILES string of the molecule is C#CC(C)(C)N1CCCC1C. The van der Waals surface area contributed by atoms with Gasteiger partial charge in [0.15, 0.2) is 0 Å². The third-order valence-corrected chi connectivity index (χ3v) is 2.62. The van der Waals surface area contributed by atoms with E-state index in [9.17, 15) is 0 Å². The van der Waals surface area contributed by atoms with Crippen molar-refractivity contribution in [3.05, 3.63) is 0 Å². The summed E-state index contributed by atoms with van der Waals surface area (Å²) < 4.78 is 0. The van der Waals surface area contributed by atoms with E-state index in [0.717, 1.165) is 0 Å². The second-order valence-corrected chi connectivity index (χ2v) is 3.89. The highest BCUT2D eigenvalue weighted by atomic mass is 15.2. The maximum absolute atomic E-state index is 5.46. The van der Waals surface area contributed by atoms with Gasteiger partial charge in [0, 0.05) is 6.04 Å². The number of rotatable bonds is 1. The summed E-state index contributed by atoms with van der Waals surface area (Å²) >= 11 is 0. The van der Waals surface area contributed by atoms with Crippen molar-refractivity contribution < 1.29 is 0 Å². The third kappa shape index (κ3) is 1.57. The molecule has 0 aliphatic carbocycles. The van der Waals surface area contributed by atoms with Crippen LogP contribution in [0.4, 0.5) is 0 Å². The van der Waals surface area contributed by atoms with Gasteiger partial charge in [-0.2, -0.15) is 0 Å². The Hall–Kier alpha value is -0.480. The molecule has 1 heteroatoms. The smallest absolute Gasteiger partial charge is 0.0768 e. The van der Waals surface area contributed by atoms with Crippen molar-refractivity contribution in [1.29, 1.82) is 0 Å². The highest BCUT2D eigenvalue weighted by Crippen LogP contribution is 2.25. The number of likely N-dealkylation sites (tertiary alicyclic amines) is 1. The van der Waals surface area contributed by atoms with Gasteiger partial charge in [-0.1, -0.05) is 5.92 Å². The van der Waals surface area contributed by atoms with E-state index in [1.165, 1.54) is 19.4 Å². The molecule has 0 radical (unpaired) electrons. The Bertz CT molecular complexity index is 176. The van der Waals surface area contributed by atoms with E-state index in [0.29, 0.717) is 6.04 Å². The minimum atomic E-state index is -0.0457. The van der Waals surface area contributed by atoms with Crippen molar-refractivity contribution in [3.8, 4) is 12.3 Å². The van der Waals surface area contributed by atoms with E-state index in [4.69, 9.17) is 6.42 Å². The molecule has 11 heavy (non-hydrogen) atoms. The lowest BCUT2D eigenvalue weighted by molar-refractivity contribution is 0.163. The Morgan fingerprint density at radius 3 is 2.55 bits per heavy atom. The summed E-state index contributed by atoms with van der Waals surface area (Å²) in [6, 6.07) is 0.668. The average molecular weight is 151 g/mol. The van der Waals surface area contributed by atoms with E-state index in [1.807, 2.05) is 0 Å². The molecule has 1 fully saturated rings. The summed E-state index contributed by atoms with van der Waals surface area (Å²) in [4.78, 5) is 2.41. The van der Waals surface area contributed by atoms with Crippen LogP contribution in [0.3, 0.4) is 0 Å². The van der Waals surface area contributed by atoms with Gasteiger partial charge in [-0.25, -0.2) is 0 Å². The van der Waals surface area contributed by atoms with Crippen LogP contribution in [-0.4, -0.2) is 23.0 Å². The van der Waals surface area contributed by atoms with E-state index >= 15 is 0 Å². The fourth-order valence-electron chi connectivity index (χ4n) is 1.85. The molecule has 1 atom stereocenters. The summed E-state index contributed by atoms with van der Waals surface area (Å²) in [7, 11) is 0. The van der Waals surface area contributed by atoms with Crippen LogP contribution >= 0.6 is 0 Å². The van der Waals surface area contributed by atoms with Crippen LogP contribution in [0.1, 0.15) is 33.6 Å². The number of hydrogen-bond acceptors (Lipinski definition) is 1. The second kappa shape index (κ2) is 2.87. The van der Waals surface area contributed by atoms with Crippen molar-refractivity contribution in [2.24, 2.45) is 0 Å². The number of hydrogen-bond donors (Lipinski definition) is 0. The number of nitrogens with zero attached hydrogens (tertiary/aromatic N) is 1. The summed E-state index contributed by atoms with van der Waals surface area (Å²) in [6.07, 6.45) is 8.05. The fourth-order valence-corrected chi connectivity index (χ4v) is 1.85. The first-order valence-corrected chi connectivity index (χ1v) is 4.32. The minimum absolute atomic E-state index is 0.0457. The van der Waals surface area contributed by atoms with Crippen LogP contribution in [0, 0.1) is 12.3 Å². The number of terminal acetylenes is 1. The largest absolute Gasteiger partial charge is 0.285 e. The van der Waals surface area contributed by atoms with Gasteiger partial charge in [-0.05, 0) is 40.2 Å². The molecule has 1 unspecified atom stereocenters. The van der Waals surface area contributed by atoms with E-state index < -0.39 is 0 Å². The maximum Gasteiger partial charge on any atom is 0.0768 e. The van der Waals surface area contributed by atoms with E-state index in [2.05, 4.69) is 31.6 Å². The van der Waals surface area contributed by atoms with Crippen molar-refractivity contribution >= 4 is 0 Å². The first kappa shape index (κ1) is 8.62. The topological polar surface area (TPSA) is 3.24 Å². The fraction of sp³-hybridized carbons (Fsp3) is 0.800. The highest BCUT2D eigenvalue weighted by molar-refractivity contribution is 5.10. The van der Waals surface area contributed by atoms with Crippen LogP contribution in [0.15, 0.2) is 0 Å². The van der Waals surface area contributed by atoms with E-state index in [1.54, 1.807) is 0 Å². The molecule has 0 aromatic heterocycles. The van der Waals surface area contributed by atoms with Crippen LogP contribution in [0.2, 0.25) is 0 Å². The van der Waals surface area contributed by atoms with Crippen LogP contribution in [0.25, 0.3) is 0 Å². The third-order valence-electron chi connectivity index (χ3n) is 2.62. The molecule has 62 valence electrons. The Morgan fingerprint density at radius 2 is 2.18 bits per heavy atom. The van der Waals surface area contributed by atoms with Crippen molar-refractivity contribution in [1.82, 2.24) is 4.90 Å². The first-order valence-electron chi connectivity index (χ1n) is 4.32. The summed E-state index contributed by atoms with van der Waals surface area (Å²) in [5.74, 6) is 2.84. The Balaban J connectivity index is 2.68. The molecule has 0 aromatic carbocycles. The van der Waals surface area contributed by atoms with Crippen molar-refractivity contribution in [3.63, 3.8) is 0 Å². The lowest BCUT2D eigenvalue weighted by Crippen LogP contribution is -2.44. The van der Waals surface area contributed by atoms with Crippen molar-refractivity contribution in [2.75, 3.05) is 6.54 Å². The van der Waals surface area contributed by atoms with Gasteiger partial charge in [0.2, 0.25) is 0 Å². The monoisotopic (exact) mass is 151 g/mol. The molecule has 0 bridgehead atoms. The molecular formula is C10H17N. The molecule has 1 rings (SSSR count). The summed E-state index contributed by atoms with van der Waals surface area (Å²) in [5.41, 5.74) is -0.0457. The minimum Gasteiger partial charge on any atom is -0.285 e. The molecule has 1 nitrogen and oxygen atoms in total. The molecule has 0 N–H and O–H groups in total. The highest BCUT2D eigenvalue weighted by Gasteiger charge is 2.31. The van der Waals surface area contributed by atoms with Crippen LogP contribution < -0.4 is 0 Å². The van der Waals surface area contributed by atoms with Gasteiger partial charge in [0.05, 0.1) is 5.54 Å². The molecule has 0 aromatic rings. The second-order valence-electron chi connectivity index (χ2n) is 3.89. The lowest BCUT2D eigenvalue weighted by Gasteiger charge is -2.34. The summed E-state index contributed by atoms with van der Waals surface area (Å²) in [6.45, 7) is 7.66. The zero-order valence-corrected chi connectivity index (χ0v) is 7.72. The van der Waals surface area contributed by atoms with E-state index in [-0.39, 0.29) is 5.54 Å². The standard InChI is InChI=1S/C10H17N/c1-5-10(3,4)11-8-6-7-9(11)2/h1,9H,6-8H2,2-4H3. The van der Waals surface area contributed by atoms with Gasteiger partial charge < -0.3 is 0 Å². The molecular weight excluding hydrogens is 134 g/mol. The van der Waals surface area contributed by atoms with Gasteiger partial charge in [0.25, 0.3) is 0 Å². The Labute approximate surface area is 69.8 Å². The average Bonchev–Trinajstić information content (AvgIpc) is 2.36. The first-order chi connectivity index (χ1) is 5.08. The molecule has 1 saturated heterocycles. The Morgan fingerprint density at radius 1 is 1.55 bits per heavy atom. The van der Waals surface area contributed by atoms with Crippen molar-refractivity contribution in [2.45, 2.75) is 45.2 Å². The van der Waals surface area contributed by atoms with Gasteiger partial charge in [-0.15, -0.1) is 6.42 Å². The van der Waals surface area contributed by atoms with Crippen LogP contribution in [0.5, 0.6) is 0 Å². The quantitative estimate of drug-likeness (QED) is 0.517. The molecule has 0 amide bonds. The summed E-state index contributed by atoms with van der Waals surface area (Å²) in [5, 5.41) is 0. The molecule has 1 aliphatic rings. The maximum atomic E-state index is 5.46. The normalized spacial score (nSPS) is 26.9. The van der Waals surface area contributed by atoms with Crippen LogP contribution in [-0.2, 0) is 0 Å². The molecule has 0 saturated carbocycles. The predicted molar refractivity (Wildman–Crippen MR) is 48.3 cm³/mol. The molecule has 1 heterocycles. The Kier molecular flexibility index (Phi) is 2.25. The van der Waals surface area contributed by atoms with Gasteiger partial charge in [-0.3, -0.25) is 4.90 Å². The molecule has 0 spiro atoms. The zero-order chi connectivity index (χ0) is 8.48. The van der Waals surface area contributed by atoms with Gasteiger partial charge in [0.1, 0.15) is 0 Å². The lowest BCUT2D eigenvalue weighted by atomic mass is 10.0.